The maximum Gasteiger partial charge on any atom is 0.0950 e. The number of nitrogens with zero attached hydrogens (tertiary/aromatic N) is 2. The van der Waals surface area contributed by atoms with Crippen molar-refractivity contribution in [3.05, 3.63) is 30.5 Å². The van der Waals surface area contributed by atoms with Gasteiger partial charge in [0.25, 0.3) is 0 Å². The van der Waals surface area contributed by atoms with Crippen LogP contribution in [0.5, 0.6) is 0 Å². The SMILES string of the molecule is CC1OCCC1Nc1cnnc2ccccc12. The number of fused-ring (bicyclic) bond motifs is 1. The quantitative estimate of drug-likeness (QED) is 0.857. The van der Waals surface area contributed by atoms with E-state index >= 15 is 0 Å². The van der Waals surface area contributed by atoms with E-state index in [9.17, 15) is 0 Å². The van der Waals surface area contributed by atoms with Gasteiger partial charge in [0.1, 0.15) is 0 Å². The van der Waals surface area contributed by atoms with E-state index in [1.54, 1.807) is 6.20 Å². The van der Waals surface area contributed by atoms with Crippen LogP contribution in [0, 0.1) is 0 Å². The van der Waals surface area contributed by atoms with Crippen LogP contribution in [0.1, 0.15) is 13.3 Å². The summed E-state index contributed by atoms with van der Waals surface area (Å²) in [5.41, 5.74) is 1.96. The second kappa shape index (κ2) is 4.30. The Morgan fingerprint density at radius 3 is 3.06 bits per heavy atom. The van der Waals surface area contributed by atoms with E-state index < -0.39 is 0 Å². The minimum atomic E-state index is 0.252. The Morgan fingerprint density at radius 2 is 2.24 bits per heavy atom. The molecule has 0 amide bonds. The summed E-state index contributed by atoms with van der Waals surface area (Å²) in [4.78, 5) is 0. The molecule has 0 bridgehead atoms. The summed E-state index contributed by atoms with van der Waals surface area (Å²) < 4.78 is 5.55. The molecule has 1 aliphatic heterocycles. The van der Waals surface area contributed by atoms with Gasteiger partial charge in [-0.2, -0.15) is 10.2 Å². The number of ether oxygens (including phenoxy) is 1. The molecule has 1 aliphatic rings. The van der Waals surface area contributed by atoms with Gasteiger partial charge >= 0.3 is 0 Å². The van der Waals surface area contributed by atoms with Crippen molar-refractivity contribution >= 4 is 16.6 Å². The molecule has 0 saturated carbocycles. The van der Waals surface area contributed by atoms with Crippen molar-refractivity contribution in [1.82, 2.24) is 10.2 Å². The summed E-state index contributed by atoms with van der Waals surface area (Å²) in [6, 6.07) is 8.39. The third-order valence-electron chi connectivity index (χ3n) is 3.26. The lowest BCUT2D eigenvalue weighted by Crippen LogP contribution is -2.26. The van der Waals surface area contributed by atoms with Crippen LogP contribution in [-0.4, -0.2) is 29.0 Å². The first-order valence-electron chi connectivity index (χ1n) is 5.93. The molecule has 2 unspecified atom stereocenters. The predicted molar refractivity (Wildman–Crippen MR) is 67.0 cm³/mol. The van der Waals surface area contributed by atoms with Crippen LogP contribution in [0.2, 0.25) is 0 Å². The summed E-state index contributed by atoms with van der Waals surface area (Å²) in [5.74, 6) is 0. The Labute approximate surface area is 100 Å². The van der Waals surface area contributed by atoms with Gasteiger partial charge in [-0.1, -0.05) is 18.2 Å². The third kappa shape index (κ3) is 1.96. The summed E-state index contributed by atoms with van der Waals surface area (Å²) in [6.07, 6.45) is 3.08. The van der Waals surface area contributed by atoms with Gasteiger partial charge in [0.15, 0.2) is 0 Å². The van der Waals surface area contributed by atoms with Gasteiger partial charge in [-0.15, -0.1) is 0 Å². The minimum Gasteiger partial charge on any atom is -0.378 e. The molecule has 3 rings (SSSR count). The Bertz CT molecular complexity index is 524. The fourth-order valence-corrected chi connectivity index (χ4v) is 2.24. The number of aromatic nitrogens is 2. The van der Waals surface area contributed by atoms with Crippen molar-refractivity contribution < 1.29 is 4.74 Å². The number of nitrogens with one attached hydrogen (secondary N) is 1. The fourth-order valence-electron chi connectivity index (χ4n) is 2.24. The van der Waals surface area contributed by atoms with Crippen LogP contribution in [0.15, 0.2) is 30.5 Å². The molecule has 2 heterocycles. The Kier molecular flexibility index (Phi) is 2.65. The molecular formula is C13H15N3O. The maximum absolute atomic E-state index is 5.55. The van der Waals surface area contributed by atoms with Crippen molar-refractivity contribution in [2.24, 2.45) is 0 Å². The van der Waals surface area contributed by atoms with E-state index in [1.807, 2.05) is 18.2 Å². The molecule has 0 radical (unpaired) electrons. The Morgan fingerprint density at radius 1 is 1.35 bits per heavy atom. The largest absolute Gasteiger partial charge is 0.378 e. The lowest BCUT2D eigenvalue weighted by Gasteiger charge is -2.18. The smallest absolute Gasteiger partial charge is 0.0950 e. The van der Waals surface area contributed by atoms with Crippen molar-refractivity contribution in [3.8, 4) is 0 Å². The van der Waals surface area contributed by atoms with Crippen molar-refractivity contribution in [2.45, 2.75) is 25.5 Å². The number of anilines is 1. The fraction of sp³-hybridized carbons (Fsp3) is 0.385. The second-order valence-electron chi connectivity index (χ2n) is 4.39. The molecule has 1 aromatic carbocycles. The number of hydrogen-bond acceptors (Lipinski definition) is 4. The van der Waals surface area contributed by atoms with E-state index in [-0.39, 0.29) is 6.10 Å². The lowest BCUT2D eigenvalue weighted by atomic mass is 10.1. The standard InChI is InChI=1S/C13H15N3O/c1-9-11(6-7-17-9)15-13-8-14-16-12-5-3-2-4-10(12)13/h2-5,8-9,11H,6-7H2,1H3,(H,15,16). The summed E-state index contributed by atoms with van der Waals surface area (Å²) in [7, 11) is 0. The summed E-state index contributed by atoms with van der Waals surface area (Å²) in [5, 5.41) is 12.8. The molecule has 88 valence electrons. The molecule has 2 aromatic rings. The van der Waals surface area contributed by atoms with Gasteiger partial charge in [0.05, 0.1) is 29.5 Å². The van der Waals surface area contributed by atoms with Crippen molar-refractivity contribution in [1.29, 1.82) is 0 Å². The van der Waals surface area contributed by atoms with Gasteiger partial charge in [-0.25, -0.2) is 0 Å². The molecule has 4 nitrogen and oxygen atoms in total. The number of hydrogen-bond donors (Lipinski definition) is 1. The molecule has 17 heavy (non-hydrogen) atoms. The number of rotatable bonds is 2. The molecule has 2 atom stereocenters. The highest BCUT2D eigenvalue weighted by Crippen LogP contribution is 2.24. The van der Waals surface area contributed by atoms with E-state index in [0.717, 1.165) is 29.6 Å². The van der Waals surface area contributed by atoms with Crippen molar-refractivity contribution in [3.63, 3.8) is 0 Å². The minimum absolute atomic E-state index is 0.252. The monoisotopic (exact) mass is 229 g/mol. The molecule has 0 aliphatic carbocycles. The lowest BCUT2D eigenvalue weighted by molar-refractivity contribution is 0.121. The van der Waals surface area contributed by atoms with Crippen LogP contribution >= 0.6 is 0 Å². The molecular weight excluding hydrogens is 214 g/mol. The zero-order valence-corrected chi connectivity index (χ0v) is 9.76. The van der Waals surface area contributed by atoms with E-state index in [4.69, 9.17) is 4.74 Å². The van der Waals surface area contributed by atoms with Crippen LogP contribution in [0.4, 0.5) is 5.69 Å². The van der Waals surface area contributed by atoms with Gasteiger partial charge in [-0.05, 0) is 19.4 Å². The van der Waals surface area contributed by atoms with Gasteiger partial charge < -0.3 is 10.1 Å². The first-order valence-corrected chi connectivity index (χ1v) is 5.93. The van der Waals surface area contributed by atoms with Crippen molar-refractivity contribution in [2.75, 3.05) is 11.9 Å². The van der Waals surface area contributed by atoms with Crippen LogP contribution < -0.4 is 5.32 Å². The van der Waals surface area contributed by atoms with E-state index in [2.05, 4.69) is 28.5 Å². The number of benzene rings is 1. The van der Waals surface area contributed by atoms with E-state index in [0.29, 0.717) is 6.04 Å². The molecule has 0 spiro atoms. The maximum atomic E-state index is 5.55. The highest BCUT2D eigenvalue weighted by Gasteiger charge is 2.24. The summed E-state index contributed by atoms with van der Waals surface area (Å²) >= 11 is 0. The highest BCUT2D eigenvalue weighted by molar-refractivity contribution is 5.90. The average Bonchev–Trinajstić information content (AvgIpc) is 2.76. The summed E-state index contributed by atoms with van der Waals surface area (Å²) in [6.45, 7) is 2.93. The normalized spacial score (nSPS) is 24.1. The molecule has 1 N–H and O–H groups in total. The third-order valence-corrected chi connectivity index (χ3v) is 3.26. The first-order chi connectivity index (χ1) is 8.34. The highest BCUT2D eigenvalue weighted by atomic mass is 16.5. The zero-order valence-electron chi connectivity index (χ0n) is 9.76. The average molecular weight is 229 g/mol. The first kappa shape index (κ1) is 10.5. The van der Waals surface area contributed by atoms with E-state index in [1.165, 1.54) is 0 Å². The molecule has 1 fully saturated rings. The van der Waals surface area contributed by atoms with Gasteiger partial charge in [0.2, 0.25) is 0 Å². The predicted octanol–water partition coefficient (Wildman–Crippen LogP) is 2.22. The Balaban J connectivity index is 1.94. The second-order valence-corrected chi connectivity index (χ2v) is 4.39. The molecule has 4 heteroatoms. The Hall–Kier alpha value is -1.68. The van der Waals surface area contributed by atoms with Gasteiger partial charge in [0, 0.05) is 12.0 Å². The van der Waals surface area contributed by atoms with Crippen LogP contribution in [0.3, 0.4) is 0 Å². The van der Waals surface area contributed by atoms with Gasteiger partial charge in [-0.3, -0.25) is 0 Å². The topological polar surface area (TPSA) is 47.0 Å². The van der Waals surface area contributed by atoms with Crippen LogP contribution in [0.25, 0.3) is 10.9 Å². The molecule has 1 saturated heterocycles. The molecule has 1 aromatic heterocycles. The van der Waals surface area contributed by atoms with Crippen LogP contribution in [-0.2, 0) is 4.74 Å². The zero-order chi connectivity index (χ0) is 11.7.